The molecule has 3 aromatic heterocycles. The van der Waals surface area contributed by atoms with Gasteiger partial charge in [0.2, 0.25) is 11.8 Å². The number of rotatable bonds is 8. The molecule has 4 heterocycles. The number of carbonyl (C=O) groups excluding carboxylic acids is 2. The first kappa shape index (κ1) is 28.7. The fraction of sp³-hybridized carbons (Fsp3) is 0.552. The monoisotopic (exact) mass is 564 g/mol. The number of nitrogens with zero attached hydrogens (tertiary/aromatic N) is 5. The van der Waals surface area contributed by atoms with Crippen molar-refractivity contribution in [3.05, 3.63) is 36.3 Å². The molecule has 0 atom stereocenters. The molecule has 5 N–H and O–H groups in total. The number of pyridine rings is 1. The van der Waals surface area contributed by atoms with Crippen LogP contribution in [0.2, 0.25) is 0 Å². The zero-order chi connectivity index (χ0) is 29.1. The third kappa shape index (κ3) is 6.43. The van der Waals surface area contributed by atoms with E-state index in [9.17, 15) is 14.7 Å². The van der Waals surface area contributed by atoms with E-state index in [0.717, 1.165) is 57.2 Å². The van der Waals surface area contributed by atoms with Gasteiger partial charge >= 0.3 is 0 Å². The third-order valence-electron chi connectivity index (χ3n) is 8.26. The lowest BCUT2D eigenvalue weighted by molar-refractivity contribution is -0.131. The minimum atomic E-state index is -0.525. The van der Waals surface area contributed by atoms with Crippen LogP contribution in [0.3, 0.4) is 0 Å². The maximum Gasteiger partial charge on any atom is 0.253 e. The van der Waals surface area contributed by atoms with Crippen molar-refractivity contribution >= 4 is 23.1 Å². The molecule has 2 amide bonds. The number of carbonyl (C=O) groups is 2. The largest absolute Gasteiger partial charge is 0.481 e. The SMILES string of the molecule is COc1cc(-c2cc(C(=O)N[C@H]3CC[C@H](NC(=O)C(C)(C)CN4CCC(O)CC4)CC3)c3c(N)ncnn23)ccn1. The number of hydrogen-bond donors (Lipinski definition) is 4. The lowest BCUT2D eigenvalue weighted by Gasteiger charge is -2.37. The molecule has 12 heteroatoms. The van der Waals surface area contributed by atoms with E-state index < -0.39 is 5.41 Å². The number of ether oxygens (including phenoxy) is 1. The number of fused-ring (bicyclic) bond motifs is 1. The number of hydrogen-bond acceptors (Lipinski definition) is 9. The van der Waals surface area contributed by atoms with E-state index in [-0.39, 0.29) is 35.8 Å². The van der Waals surface area contributed by atoms with Crippen LogP contribution in [0.25, 0.3) is 16.8 Å². The van der Waals surface area contributed by atoms with E-state index in [4.69, 9.17) is 10.5 Å². The normalized spacial score (nSPS) is 20.6. The molecule has 0 aromatic carbocycles. The molecule has 0 radical (unpaired) electrons. The number of aliphatic hydroxyl groups excluding tert-OH is 1. The molecule has 12 nitrogen and oxygen atoms in total. The standard InChI is InChI=1S/C29H40N8O4/c1-29(2,16-36-12-9-21(38)10-13-36)28(40)35-20-6-4-19(5-7-20)34-27(39)22-15-23(18-8-11-31-24(14-18)41-3)37-25(22)26(30)32-17-33-37/h8,11,14-15,17,19-21,38H,4-7,9-10,12-13,16H2,1-3H3,(H,34,39)(H,35,40)(H2,30,32,33)/t19-,20-. The van der Waals surface area contributed by atoms with Gasteiger partial charge in [-0.1, -0.05) is 0 Å². The number of aromatic nitrogens is 4. The summed E-state index contributed by atoms with van der Waals surface area (Å²) < 4.78 is 6.88. The van der Waals surface area contributed by atoms with Crippen LogP contribution in [-0.2, 0) is 4.79 Å². The van der Waals surface area contributed by atoms with Crippen LogP contribution in [0, 0.1) is 5.41 Å². The molecule has 1 aliphatic heterocycles. The van der Waals surface area contributed by atoms with E-state index >= 15 is 0 Å². The molecule has 41 heavy (non-hydrogen) atoms. The second-order valence-corrected chi connectivity index (χ2v) is 11.8. The van der Waals surface area contributed by atoms with Crippen molar-refractivity contribution < 1.29 is 19.4 Å². The second-order valence-electron chi connectivity index (χ2n) is 11.8. The van der Waals surface area contributed by atoms with E-state index in [1.165, 1.54) is 6.33 Å². The summed E-state index contributed by atoms with van der Waals surface area (Å²) in [5.74, 6) is 0.472. The minimum absolute atomic E-state index is 0.0197. The summed E-state index contributed by atoms with van der Waals surface area (Å²) in [7, 11) is 1.55. The Morgan fingerprint density at radius 1 is 1.07 bits per heavy atom. The average Bonchev–Trinajstić information content (AvgIpc) is 3.36. The van der Waals surface area contributed by atoms with Gasteiger partial charge < -0.3 is 31.1 Å². The van der Waals surface area contributed by atoms with Gasteiger partial charge in [0.05, 0.1) is 29.9 Å². The number of amides is 2. The van der Waals surface area contributed by atoms with Crippen molar-refractivity contribution in [2.45, 2.75) is 70.6 Å². The summed E-state index contributed by atoms with van der Waals surface area (Å²) in [6.45, 7) is 6.26. The van der Waals surface area contributed by atoms with Crippen molar-refractivity contribution in [1.82, 2.24) is 35.1 Å². The topological polar surface area (TPSA) is 160 Å². The second kappa shape index (κ2) is 12.0. The van der Waals surface area contributed by atoms with Crippen molar-refractivity contribution in [3.8, 4) is 17.1 Å². The van der Waals surface area contributed by atoms with Crippen LogP contribution in [0.15, 0.2) is 30.7 Å². The summed E-state index contributed by atoms with van der Waals surface area (Å²) in [5, 5.41) is 20.5. The fourth-order valence-electron chi connectivity index (χ4n) is 5.86. The lowest BCUT2D eigenvalue weighted by atomic mass is 9.87. The average molecular weight is 565 g/mol. The number of nitrogens with one attached hydrogen (secondary N) is 2. The van der Waals surface area contributed by atoms with Gasteiger partial charge in [-0.2, -0.15) is 5.10 Å². The molecule has 0 spiro atoms. The maximum atomic E-state index is 13.5. The predicted octanol–water partition coefficient (Wildman–Crippen LogP) is 2.02. The van der Waals surface area contributed by atoms with Crippen LogP contribution >= 0.6 is 0 Å². The molecule has 220 valence electrons. The number of piperidine rings is 1. The number of nitrogen functional groups attached to an aromatic ring is 1. The number of nitrogens with two attached hydrogens (primary N) is 1. The van der Waals surface area contributed by atoms with Gasteiger partial charge in [-0.3, -0.25) is 9.59 Å². The maximum absolute atomic E-state index is 13.5. The number of aliphatic hydroxyl groups is 1. The van der Waals surface area contributed by atoms with E-state index in [0.29, 0.717) is 29.2 Å². The zero-order valence-corrected chi connectivity index (χ0v) is 24.0. The molecule has 1 saturated heterocycles. The molecule has 1 aliphatic carbocycles. The summed E-state index contributed by atoms with van der Waals surface area (Å²) in [4.78, 5) is 37.2. The number of anilines is 1. The first-order valence-corrected chi connectivity index (χ1v) is 14.3. The Bertz CT molecular complexity index is 1390. The molecule has 2 aliphatic rings. The van der Waals surface area contributed by atoms with Crippen molar-refractivity contribution in [2.24, 2.45) is 5.41 Å². The summed E-state index contributed by atoms with van der Waals surface area (Å²) in [5.41, 5.74) is 7.97. The first-order valence-electron chi connectivity index (χ1n) is 14.3. The molecule has 2 fully saturated rings. The smallest absolute Gasteiger partial charge is 0.253 e. The quantitative estimate of drug-likeness (QED) is 0.321. The van der Waals surface area contributed by atoms with E-state index in [1.54, 1.807) is 30.0 Å². The van der Waals surface area contributed by atoms with E-state index in [2.05, 4.69) is 30.6 Å². The molecule has 3 aromatic rings. The highest BCUT2D eigenvalue weighted by molar-refractivity contribution is 6.05. The molecule has 1 saturated carbocycles. The van der Waals surface area contributed by atoms with Crippen LogP contribution in [-0.4, -0.2) is 86.3 Å². The van der Waals surface area contributed by atoms with Gasteiger partial charge in [-0.25, -0.2) is 14.5 Å². The predicted molar refractivity (Wildman–Crippen MR) is 154 cm³/mol. The van der Waals surface area contributed by atoms with Crippen molar-refractivity contribution in [3.63, 3.8) is 0 Å². The summed E-state index contributed by atoms with van der Waals surface area (Å²) in [6.07, 6.45) is 7.36. The van der Waals surface area contributed by atoms with Gasteiger partial charge in [-0.05, 0) is 64.5 Å². The van der Waals surface area contributed by atoms with Gasteiger partial charge in [0.25, 0.3) is 5.91 Å². The molecule has 5 rings (SSSR count). The molecular formula is C29H40N8O4. The summed E-state index contributed by atoms with van der Waals surface area (Å²) >= 11 is 0. The van der Waals surface area contributed by atoms with Crippen molar-refractivity contribution in [1.29, 1.82) is 0 Å². The van der Waals surface area contributed by atoms with Gasteiger partial charge in [-0.15, -0.1) is 0 Å². The zero-order valence-electron chi connectivity index (χ0n) is 24.0. The molecular weight excluding hydrogens is 524 g/mol. The number of methoxy groups -OCH3 is 1. The Morgan fingerprint density at radius 3 is 2.44 bits per heavy atom. The highest BCUT2D eigenvalue weighted by Gasteiger charge is 2.34. The van der Waals surface area contributed by atoms with Gasteiger partial charge in [0.1, 0.15) is 11.8 Å². The Kier molecular flexibility index (Phi) is 8.41. The van der Waals surface area contributed by atoms with Crippen LogP contribution in [0.5, 0.6) is 5.88 Å². The molecule has 0 unspecified atom stereocenters. The first-order chi connectivity index (χ1) is 19.6. The van der Waals surface area contributed by atoms with Gasteiger partial charge in [0.15, 0.2) is 5.82 Å². The third-order valence-corrected chi connectivity index (χ3v) is 8.26. The van der Waals surface area contributed by atoms with Crippen LogP contribution in [0.1, 0.15) is 62.7 Å². The Hall–Kier alpha value is -3.77. The highest BCUT2D eigenvalue weighted by atomic mass is 16.5. The highest BCUT2D eigenvalue weighted by Crippen LogP contribution is 2.30. The Morgan fingerprint density at radius 2 is 1.76 bits per heavy atom. The Balaban J connectivity index is 1.20. The number of likely N-dealkylation sites (tertiary alicyclic amines) is 1. The molecule has 0 bridgehead atoms. The van der Waals surface area contributed by atoms with E-state index in [1.807, 2.05) is 19.9 Å². The minimum Gasteiger partial charge on any atom is -0.481 e. The summed E-state index contributed by atoms with van der Waals surface area (Å²) in [6, 6.07) is 5.41. The fourth-order valence-corrected chi connectivity index (χ4v) is 5.86. The lowest BCUT2D eigenvalue weighted by Crippen LogP contribution is -2.51. The Labute approximate surface area is 239 Å². The van der Waals surface area contributed by atoms with Crippen LogP contribution in [0.4, 0.5) is 5.82 Å². The van der Waals surface area contributed by atoms with Gasteiger partial charge in [0, 0.05) is 49.5 Å². The van der Waals surface area contributed by atoms with Crippen LogP contribution < -0.4 is 21.1 Å². The van der Waals surface area contributed by atoms with Crippen molar-refractivity contribution in [2.75, 3.05) is 32.5 Å².